The van der Waals surface area contributed by atoms with Gasteiger partial charge in [0.15, 0.2) is 17.5 Å². The van der Waals surface area contributed by atoms with E-state index in [2.05, 4.69) is 140 Å². The fraction of sp³-hybridized carbons (Fsp3) is 0.0625. The molecular formula is C48H36N4. The van der Waals surface area contributed by atoms with Crippen molar-refractivity contribution < 1.29 is 0 Å². The molecule has 7 aromatic carbocycles. The number of nitrogens with zero attached hydrogens (tertiary/aromatic N) is 4. The van der Waals surface area contributed by atoms with Gasteiger partial charge >= 0.3 is 0 Å². The predicted octanol–water partition coefficient (Wildman–Crippen LogP) is 12.3. The largest absolute Gasteiger partial charge is 0.310 e. The molecule has 9 rings (SSSR count). The molecule has 0 fully saturated rings. The highest BCUT2D eigenvalue weighted by Crippen LogP contribution is 2.50. The molecular weight excluding hydrogens is 633 g/mol. The van der Waals surface area contributed by atoms with Crippen LogP contribution >= 0.6 is 0 Å². The number of rotatable bonds is 7. The maximum atomic E-state index is 4.97. The SMILES string of the molecule is CC1(C)c2ccccc2-c2ccc(N(c3ccc(-c4ccccc4)cc3)c3ccc(-c4nc(-c5ccccc5)nc(-c5ccccc5)n4)cc3)cc21. The Morgan fingerprint density at radius 3 is 1.27 bits per heavy atom. The van der Waals surface area contributed by atoms with Crippen LogP contribution in [-0.4, -0.2) is 15.0 Å². The topological polar surface area (TPSA) is 41.9 Å². The Balaban J connectivity index is 1.15. The molecule has 0 atom stereocenters. The van der Waals surface area contributed by atoms with Crippen molar-refractivity contribution in [1.82, 2.24) is 15.0 Å². The van der Waals surface area contributed by atoms with E-state index >= 15 is 0 Å². The number of hydrogen-bond acceptors (Lipinski definition) is 4. The first-order valence-electron chi connectivity index (χ1n) is 17.7. The van der Waals surface area contributed by atoms with Gasteiger partial charge in [0.05, 0.1) is 0 Å². The van der Waals surface area contributed by atoms with Gasteiger partial charge in [0.25, 0.3) is 0 Å². The van der Waals surface area contributed by atoms with Gasteiger partial charge in [0.1, 0.15) is 0 Å². The Morgan fingerprint density at radius 1 is 0.346 bits per heavy atom. The Morgan fingerprint density at radius 2 is 0.731 bits per heavy atom. The fourth-order valence-corrected chi connectivity index (χ4v) is 7.41. The highest BCUT2D eigenvalue weighted by Gasteiger charge is 2.35. The molecule has 0 N–H and O–H groups in total. The summed E-state index contributed by atoms with van der Waals surface area (Å²) < 4.78 is 0. The lowest BCUT2D eigenvalue weighted by Crippen LogP contribution is -2.16. The maximum Gasteiger partial charge on any atom is 0.164 e. The molecule has 0 bridgehead atoms. The Labute approximate surface area is 304 Å². The van der Waals surface area contributed by atoms with Crippen LogP contribution in [0.3, 0.4) is 0 Å². The van der Waals surface area contributed by atoms with Crippen LogP contribution in [0.2, 0.25) is 0 Å². The normalized spacial score (nSPS) is 12.6. The van der Waals surface area contributed by atoms with Crippen molar-refractivity contribution in [2.45, 2.75) is 19.3 Å². The van der Waals surface area contributed by atoms with E-state index < -0.39 is 0 Å². The molecule has 1 aliphatic carbocycles. The zero-order chi connectivity index (χ0) is 35.1. The Kier molecular flexibility index (Phi) is 7.78. The Hall–Kier alpha value is -6.65. The molecule has 248 valence electrons. The van der Waals surface area contributed by atoms with Crippen LogP contribution in [0.4, 0.5) is 17.1 Å². The van der Waals surface area contributed by atoms with E-state index in [0.29, 0.717) is 17.5 Å². The van der Waals surface area contributed by atoms with Crippen LogP contribution in [0.5, 0.6) is 0 Å². The quantitative estimate of drug-likeness (QED) is 0.169. The molecule has 1 aromatic heterocycles. The van der Waals surface area contributed by atoms with E-state index in [1.54, 1.807) is 0 Å². The minimum absolute atomic E-state index is 0.111. The monoisotopic (exact) mass is 668 g/mol. The van der Waals surface area contributed by atoms with Gasteiger partial charge in [-0.3, -0.25) is 0 Å². The number of anilines is 3. The van der Waals surface area contributed by atoms with E-state index in [-0.39, 0.29) is 5.41 Å². The Bertz CT molecular complexity index is 2450. The summed E-state index contributed by atoms with van der Waals surface area (Å²) in [4.78, 5) is 17.2. The molecule has 1 aliphatic rings. The third kappa shape index (κ3) is 5.65. The summed E-state index contributed by atoms with van der Waals surface area (Å²) in [6, 6.07) is 63.8. The molecule has 4 nitrogen and oxygen atoms in total. The van der Waals surface area contributed by atoms with Crippen LogP contribution in [0.25, 0.3) is 56.4 Å². The van der Waals surface area contributed by atoms with E-state index in [1.807, 2.05) is 60.7 Å². The van der Waals surface area contributed by atoms with Crippen LogP contribution in [-0.2, 0) is 5.41 Å². The summed E-state index contributed by atoms with van der Waals surface area (Å²) in [6.45, 7) is 4.66. The molecule has 0 amide bonds. The van der Waals surface area contributed by atoms with E-state index in [0.717, 1.165) is 33.8 Å². The molecule has 0 saturated heterocycles. The first-order chi connectivity index (χ1) is 25.5. The van der Waals surface area contributed by atoms with Gasteiger partial charge in [-0.1, -0.05) is 147 Å². The second-order valence-electron chi connectivity index (χ2n) is 13.7. The molecule has 1 heterocycles. The van der Waals surface area contributed by atoms with Crippen molar-refractivity contribution in [1.29, 1.82) is 0 Å². The van der Waals surface area contributed by atoms with E-state index in [9.17, 15) is 0 Å². The minimum atomic E-state index is -0.111. The summed E-state index contributed by atoms with van der Waals surface area (Å²) >= 11 is 0. The van der Waals surface area contributed by atoms with Crippen molar-refractivity contribution in [2.24, 2.45) is 0 Å². The van der Waals surface area contributed by atoms with Gasteiger partial charge in [-0.05, 0) is 81.9 Å². The van der Waals surface area contributed by atoms with E-state index in [4.69, 9.17) is 15.0 Å². The van der Waals surface area contributed by atoms with Crippen LogP contribution in [0, 0.1) is 0 Å². The summed E-state index contributed by atoms with van der Waals surface area (Å²) in [6.07, 6.45) is 0. The minimum Gasteiger partial charge on any atom is -0.310 e. The van der Waals surface area contributed by atoms with Crippen LogP contribution in [0.15, 0.2) is 182 Å². The van der Waals surface area contributed by atoms with Gasteiger partial charge < -0.3 is 4.90 Å². The first kappa shape index (κ1) is 31.3. The summed E-state index contributed by atoms with van der Waals surface area (Å²) in [5.74, 6) is 1.93. The molecule has 0 unspecified atom stereocenters. The zero-order valence-electron chi connectivity index (χ0n) is 29.1. The van der Waals surface area contributed by atoms with Crippen LogP contribution in [0.1, 0.15) is 25.0 Å². The van der Waals surface area contributed by atoms with E-state index in [1.165, 1.54) is 33.4 Å². The number of hydrogen-bond donors (Lipinski definition) is 0. The highest BCUT2D eigenvalue weighted by atomic mass is 15.1. The summed E-state index contributed by atoms with van der Waals surface area (Å²) in [5, 5.41) is 0. The maximum absolute atomic E-state index is 4.97. The molecule has 0 aliphatic heterocycles. The molecule has 0 radical (unpaired) electrons. The van der Waals surface area contributed by atoms with Gasteiger partial charge in [-0.25, -0.2) is 15.0 Å². The zero-order valence-corrected chi connectivity index (χ0v) is 29.1. The average molecular weight is 669 g/mol. The van der Waals surface area contributed by atoms with Gasteiger partial charge in [-0.2, -0.15) is 0 Å². The fourth-order valence-electron chi connectivity index (χ4n) is 7.41. The second-order valence-corrected chi connectivity index (χ2v) is 13.7. The number of benzene rings is 7. The molecule has 4 heteroatoms. The molecule has 0 spiro atoms. The van der Waals surface area contributed by atoms with Crippen molar-refractivity contribution in [2.75, 3.05) is 4.90 Å². The van der Waals surface area contributed by atoms with Gasteiger partial charge in [0.2, 0.25) is 0 Å². The number of fused-ring (bicyclic) bond motifs is 3. The van der Waals surface area contributed by atoms with Crippen molar-refractivity contribution >= 4 is 17.1 Å². The lowest BCUT2D eigenvalue weighted by Gasteiger charge is -2.28. The lowest BCUT2D eigenvalue weighted by atomic mass is 9.82. The van der Waals surface area contributed by atoms with Gasteiger partial charge in [-0.15, -0.1) is 0 Å². The highest BCUT2D eigenvalue weighted by molar-refractivity contribution is 5.86. The molecule has 0 saturated carbocycles. The molecule has 8 aromatic rings. The van der Waals surface area contributed by atoms with Crippen molar-refractivity contribution in [3.63, 3.8) is 0 Å². The molecule has 52 heavy (non-hydrogen) atoms. The average Bonchev–Trinajstić information content (AvgIpc) is 3.45. The van der Waals surface area contributed by atoms with Crippen LogP contribution < -0.4 is 4.90 Å². The van der Waals surface area contributed by atoms with Crippen molar-refractivity contribution in [3.8, 4) is 56.4 Å². The predicted molar refractivity (Wildman–Crippen MR) is 214 cm³/mol. The third-order valence-corrected chi connectivity index (χ3v) is 10.1. The number of aromatic nitrogens is 3. The van der Waals surface area contributed by atoms with Gasteiger partial charge in [0, 0.05) is 39.2 Å². The standard InChI is InChI=1S/C48H36N4/c1-48(2)43-21-13-12-20-41(43)42-31-30-40(32-44(42)48)52(38-26-22-34(23-27-38)33-14-6-3-7-15-33)39-28-24-37(25-29-39)47-50-45(35-16-8-4-9-17-35)49-46(51-47)36-18-10-5-11-19-36/h3-32H,1-2H3. The third-order valence-electron chi connectivity index (χ3n) is 10.1. The van der Waals surface area contributed by atoms with Crippen molar-refractivity contribution in [3.05, 3.63) is 193 Å². The first-order valence-corrected chi connectivity index (χ1v) is 17.7. The second kappa shape index (κ2) is 12.9. The lowest BCUT2D eigenvalue weighted by molar-refractivity contribution is 0.660. The summed E-state index contributed by atoms with van der Waals surface area (Å²) in [5.41, 5.74) is 13.7. The summed E-state index contributed by atoms with van der Waals surface area (Å²) in [7, 11) is 0. The smallest absolute Gasteiger partial charge is 0.164 e.